The fourth-order valence-electron chi connectivity index (χ4n) is 6.54. The van der Waals surface area contributed by atoms with Gasteiger partial charge in [-0.05, 0) is 81.5 Å². The van der Waals surface area contributed by atoms with Crippen LogP contribution in [-0.4, -0.2) is 0 Å². The average molecular weight is 370 g/mol. The van der Waals surface area contributed by atoms with E-state index >= 15 is 0 Å². The predicted molar refractivity (Wildman–Crippen MR) is 115 cm³/mol. The highest BCUT2D eigenvalue weighted by Gasteiger charge is 2.41. The highest BCUT2D eigenvalue weighted by Crippen LogP contribution is 2.51. The quantitative estimate of drug-likeness (QED) is 0.415. The summed E-state index contributed by atoms with van der Waals surface area (Å²) in [4.78, 5) is 0. The molecule has 3 aliphatic rings. The number of nitrogens with zero attached hydrogens (tertiary/aromatic N) is 1. The van der Waals surface area contributed by atoms with E-state index in [0.29, 0.717) is 0 Å². The van der Waals surface area contributed by atoms with Gasteiger partial charge in [-0.25, -0.2) is 0 Å². The normalized spacial score (nSPS) is 37.4. The van der Waals surface area contributed by atoms with Crippen LogP contribution in [0.3, 0.4) is 0 Å². The molecule has 3 aliphatic carbocycles. The maximum absolute atomic E-state index is 10.1. The Morgan fingerprint density at radius 2 is 1.59 bits per heavy atom. The smallest absolute Gasteiger partial charge is 0.0782 e. The molecule has 1 atom stereocenters. The van der Waals surface area contributed by atoms with E-state index in [2.05, 4.69) is 26.0 Å². The van der Waals surface area contributed by atoms with E-state index in [1.54, 1.807) is 0 Å². The summed E-state index contributed by atoms with van der Waals surface area (Å²) in [6.45, 7) is 4.62. The molecule has 0 amide bonds. The maximum Gasteiger partial charge on any atom is 0.0782 e. The van der Waals surface area contributed by atoms with Crippen LogP contribution in [0.1, 0.15) is 117 Å². The van der Waals surface area contributed by atoms with Crippen LogP contribution < -0.4 is 0 Å². The van der Waals surface area contributed by atoms with Crippen molar-refractivity contribution in [3.63, 3.8) is 0 Å². The monoisotopic (exact) mass is 369 g/mol. The molecule has 0 aromatic heterocycles. The molecule has 0 heterocycles. The third kappa shape index (κ3) is 5.19. The van der Waals surface area contributed by atoms with Crippen molar-refractivity contribution in [1.82, 2.24) is 0 Å². The molecule has 0 aromatic rings. The highest BCUT2D eigenvalue weighted by molar-refractivity contribution is 5.26. The summed E-state index contributed by atoms with van der Waals surface area (Å²) >= 11 is 0. The lowest BCUT2D eigenvalue weighted by Gasteiger charge is -2.42. The number of unbranched alkanes of at least 4 members (excludes halogenated alkanes) is 1. The van der Waals surface area contributed by atoms with Gasteiger partial charge in [0.15, 0.2) is 0 Å². The van der Waals surface area contributed by atoms with Crippen LogP contribution in [0.15, 0.2) is 11.6 Å². The summed E-state index contributed by atoms with van der Waals surface area (Å²) in [5.41, 5.74) is 1.44. The second-order valence-corrected chi connectivity index (χ2v) is 10.1. The molecule has 0 spiro atoms. The van der Waals surface area contributed by atoms with E-state index in [9.17, 15) is 5.26 Å². The minimum Gasteiger partial charge on any atom is -0.197 e. The molecular formula is C26H43N. The Labute approximate surface area is 169 Å². The Morgan fingerprint density at radius 1 is 0.889 bits per heavy atom. The zero-order valence-corrected chi connectivity index (χ0v) is 18.1. The van der Waals surface area contributed by atoms with Crippen LogP contribution in [0.5, 0.6) is 0 Å². The standard InChI is InChI=1S/C26H43N/c1-3-5-7-22-8-12-23(13-9-22)24-16-18-26(20-27,19-17-24)25-14-10-21(6-4-2)11-15-25/h14,21-24H,3-13,15-19H2,1-2H3/t21-,22?,23?,24-,26-/m0/s1. The number of hydrogen-bond acceptors (Lipinski definition) is 1. The minimum absolute atomic E-state index is 0.0913. The lowest BCUT2D eigenvalue weighted by molar-refractivity contribution is 0.130. The van der Waals surface area contributed by atoms with Crippen molar-refractivity contribution in [2.45, 2.75) is 117 Å². The Bertz CT molecular complexity index is 509. The second kappa shape index (κ2) is 10.1. The van der Waals surface area contributed by atoms with Gasteiger partial charge in [0.25, 0.3) is 0 Å². The molecule has 0 bridgehead atoms. The fraction of sp³-hybridized carbons (Fsp3) is 0.885. The van der Waals surface area contributed by atoms with Crippen molar-refractivity contribution < 1.29 is 0 Å². The third-order valence-electron chi connectivity index (χ3n) is 8.45. The van der Waals surface area contributed by atoms with E-state index in [-0.39, 0.29) is 5.41 Å². The van der Waals surface area contributed by atoms with Crippen molar-refractivity contribution in [2.24, 2.45) is 29.1 Å². The Kier molecular flexibility index (Phi) is 7.86. The van der Waals surface area contributed by atoms with Crippen molar-refractivity contribution in [3.8, 4) is 6.07 Å². The van der Waals surface area contributed by atoms with Gasteiger partial charge in [0, 0.05) is 0 Å². The van der Waals surface area contributed by atoms with Gasteiger partial charge in [-0.2, -0.15) is 5.26 Å². The molecule has 0 aromatic carbocycles. The number of hydrogen-bond donors (Lipinski definition) is 0. The number of nitriles is 1. The summed E-state index contributed by atoms with van der Waals surface area (Å²) in [6.07, 6.45) is 24.0. The molecular weight excluding hydrogens is 326 g/mol. The zero-order chi connectivity index (χ0) is 19.1. The second-order valence-electron chi connectivity index (χ2n) is 10.1. The molecule has 152 valence electrons. The molecule has 0 saturated heterocycles. The van der Waals surface area contributed by atoms with Gasteiger partial charge in [0.2, 0.25) is 0 Å². The van der Waals surface area contributed by atoms with E-state index in [0.717, 1.165) is 36.5 Å². The topological polar surface area (TPSA) is 23.8 Å². The van der Waals surface area contributed by atoms with Crippen molar-refractivity contribution >= 4 is 0 Å². The van der Waals surface area contributed by atoms with E-state index < -0.39 is 0 Å². The first-order chi connectivity index (χ1) is 13.2. The summed E-state index contributed by atoms with van der Waals surface area (Å²) in [7, 11) is 0. The first-order valence-corrected chi connectivity index (χ1v) is 12.3. The Hall–Kier alpha value is -0.770. The van der Waals surface area contributed by atoms with Crippen molar-refractivity contribution in [3.05, 3.63) is 11.6 Å². The largest absolute Gasteiger partial charge is 0.197 e. The molecule has 0 radical (unpaired) electrons. The van der Waals surface area contributed by atoms with Crippen LogP contribution in [-0.2, 0) is 0 Å². The van der Waals surface area contributed by atoms with Crippen LogP contribution in [0, 0.1) is 40.4 Å². The summed E-state index contributed by atoms with van der Waals surface area (Å²) in [5.74, 6) is 3.78. The molecule has 0 N–H and O–H groups in total. The van der Waals surface area contributed by atoms with Crippen LogP contribution >= 0.6 is 0 Å². The van der Waals surface area contributed by atoms with Gasteiger partial charge < -0.3 is 0 Å². The molecule has 1 nitrogen and oxygen atoms in total. The van der Waals surface area contributed by atoms with Gasteiger partial charge in [0.05, 0.1) is 11.5 Å². The lowest BCUT2D eigenvalue weighted by Crippen LogP contribution is -2.33. The van der Waals surface area contributed by atoms with E-state index in [4.69, 9.17) is 0 Å². The number of rotatable bonds is 7. The van der Waals surface area contributed by atoms with Gasteiger partial charge in [-0.1, -0.05) is 70.4 Å². The van der Waals surface area contributed by atoms with Gasteiger partial charge in [-0.15, -0.1) is 0 Å². The van der Waals surface area contributed by atoms with Crippen LogP contribution in [0.4, 0.5) is 0 Å². The first-order valence-electron chi connectivity index (χ1n) is 12.3. The first kappa shape index (κ1) is 21.0. The van der Waals surface area contributed by atoms with Gasteiger partial charge in [-0.3, -0.25) is 0 Å². The molecule has 1 heteroatoms. The summed E-state index contributed by atoms with van der Waals surface area (Å²) < 4.78 is 0. The minimum atomic E-state index is -0.0913. The molecule has 27 heavy (non-hydrogen) atoms. The van der Waals surface area contributed by atoms with Crippen molar-refractivity contribution in [2.75, 3.05) is 0 Å². The van der Waals surface area contributed by atoms with Gasteiger partial charge in [0.1, 0.15) is 0 Å². The molecule has 3 rings (SSSR count). The molecule has 0 unspecified atom stereocenters. The zero-order valence-electron chi connectivity index (χ0n) is 18.1. The molecule has 2 saturated carbocycles. The predicted octanol–water partition coefficient (Wildman–Crippen LogP) is 8.21. The Morgan fingerprint density at radius 3 is 2.15 bits per heavy atom. The van der Waals surface area contributed by atoms with Crippen molar-refractivity contribution in [1.29, 1.82) is 5.26 Å². The Balaban J connectivity index is 1.49. The van der Waals surface area contributed by atoms with Gasteiger partial charge >= 0.3 is 0 Å². The van der Waals surface area contributed by atoms with E-state index in [1.165, 1.54) is 95.5 Å². The third-order valence-corrected chi connectivity index (χ3v) is 8.45. The summed E-state index contributed by atoms with van der Waals surface area (Å²) in [5, 5.41) is 10.1. The average Bonchev–Trinajstić information content (AvgIpc) is 2.73. The molecule has 2 fully saturated rings. The highest BCUT2D eigenvalue weighted by atomic mass is 14.5. The number of allylic oxidation sites excluding steroid dienone is 2. The fourth-order valence-corrected chi connectivity index (χ4v) is 6.54. The lowest BCUT2D eigenvalue weighted by atomic mass is 9.61. The van der Waals surface area contributed by atoms with Crippen LogP contribution in [0.25, 0.3) is 0 Å². The SMILES string of the molecule is CCCCC1CCC([C@H]2CC[C@](C#N)(C3=CC[C@H](CCC)CC3)CC2)CC1. The summed E-state index contributed by atoms with van der Waals surface area (Å²) in [6, 6.07) is 2.82. The van der Waals surface area contributed by atoms with Crippen LogP contribution in [0.2, 0.25) is 0 Å². The van der Waals surface area contributed by atoms with E-state index in [1.807, 2.05) is 0 Å². The maximum atomic E-state index is 10.1. The molecule has 0 aliphatic heterocycles.